The van der Waals surface area contributed by atoms with E-state index in [1.54, 1.807) is 6.20 Å². The Balaban J connectivity index is 1.64. The zero-order chi connectivity index (χ0) is 26.2. The van der Waals surface area contributed by atoms with E-state index in [1.807, 2.05) is 24.3 Å². The van der Waals surface area contributed by atoms with E-state index in [-0.39, 0.29) is 17.6 Å². The zero-order valence-electron chi connectivity index (χ0n) is 22.4. The van der Waals surface area contributed by atoms with E-state index in [1.165, 1.54) is 18.4 Å². The Labute approximate surface area is 217 Å². The van der Waals surface area contributed by atoms with Gasteiger partial charge in [-0.05, 0) is 48.5 Å². The van der Waals surface area contributed by atoms with Crippen LogP contribution in [-0.2, 0) is 22.1 Å². The van der Waals surface area contributed by atoms with Gasteiger partial charge < -0.3 is 13.9 Å². The topological polar surface area (TPSA) is 72.6 Å². The lowest BCUT2D eigenvalue weighted by atomic mass is 10.0. The second-order valence-electron chi connectivity index (χ2n) is 11.1. The summed E-state index contributed by atoms with van der Waals surface area (Å²) in [7, 11) is -2.02. The summed E-state index contributed by atoms with van der Waals surface area (Å²) in [6, 6.07) is 18.1. The molecule has 1 heterocycles. The maximum absolute atomic E-state index is 11.0. The SMILES string of the molecule is CC(C)(C)[Si](C)(C)OC(CCCCCCc1ccccc1)c1ncc(-c2ccc(CC(=O)O)cc2)o1. The van der Waals surface area contributed by atoms with Crippen LogP contribution in [0.2, 0.25) is 18.1 Å². The van der Waals surface area contributed by atoms with Gasteiger partial charge in [0.1, 0.15) is 6.10 Å². The molecular weight excluding hydrogens is 466 g/mol. The van der Waals surface area contributed by atoms with Crippen LogP contribution in [0.15, 0.2) is 65.2 Å². The average Bonchev–Trinajstić information content (AvgIpc) is 3.31. The fraction of sp³-hybridized carbons (Fsp3) is 0.467. The smallest absolute Gasteiger partial charge is 0.307 e. The number of hydrogen-bond donors (Lipinski definition) is 1. The van der Waals surface area contributed by atoms with Crippen molar-refractivity contribution in [3.05, 3.63) is 77.8 Å². The Morgan fingerprint density at radius 1 is 0.972 bits per heavy atom. The summed E-state index contributed by atoms with van der Waals surface area (Å²) >= 11 is 0. The van der Waals surface area contributed by atoms with Crippen molar-refractivity contribution in [1.29, 1.82) is 0 Å². The van der Waals surface area contributed by atoms with Crippen LogP contribution in [0.5, 0.6) is 0 Å². The first-order chi connectivity index (χ1) is 17.0. The molecule has 1 N–H and O–H groups in total. The van der Waals surface area contributed by atoms with Crippen molar-refractivity contribution in [2.24, 2.45) is 0 Å². The average molecular weight is 508 g/mol. The molecule has 194 valence electrons. The molecule has 3 aromatic rings. The summed E-state index contributed by atoms with van der Waals surface area (Å²) in [4.78, 5) is 15.6. The van der Waals surface area contributed by atoms with E-state index in [0.717, 1.165) is 36.8 Å². The number of carboxylic acid groups (broad SMARTS) is 1. The molecule has 0 aliphatic rings. The van der Waals surface area contributed by atoms with Crippen LogP contribution < -0.4 is 0 Å². The number of carbonyl (C=O) groups is 1. The number of rotatable bonds is 13. The van der Waals surface area contributed by atoms with Gasteiger partial charge in [-0.15, -0.1) is 0 Å². The summed E-state index contributed by atoms with van der Waals surface area (Å²) in [6.45, 7) is 11.3. The summed E-state index contributed by atoms with van der Waals surface area (Å²) in [6.07, 6.45) is 8.21. The Kier molecular flexibility index (Phi) is 9.68. The highest BCUT2D eigenvalue weighted by molar-refractivity contribution is 6.74. The minimum atomic E-state index is -2.02. The predicted octanol–water partition coefficient (Wildman–Crippen LogP) is 8.22. The summed E-state index contributed by atoms with van der Waals surface area (Å²) in [5.41, 5.74) is 3.05. The molecule has 3 rings (SSSR count). The second kappa shape index (κ2) is 12.5. The predicted molar refractivity (Wildman–Crippen MR) is 148 cm³/mol. The zero-order valence-corrected chi connectivity index (χ0v) is 23.4. The van der Waals surface area contributed by atoms with Crippen molar-refractivity contribution >= 4 is 14.3 Å². The van der Waals surface area contributed by atoms with Gasteiger partial charge >= 0.3 is 5.97 Å². The lowest BCUT2D eigenvalue weighted by Crippen LogP contribution is -2.41. The first-order valence-corrected chi connectivity index (χ1v) is 15.9. The van der Waals surface area contributed by atoms with Crippen LogP contribution in [0.25, 0.3) is 11.3 Å². The van der Waals surface area contributed by atoms with Crippen LogP contribution in [0, 0.1) is 0 Å². The molecule has 0 bridgehead atoms. The van der Waals surface area contributed by atoms with E-state index in [9.17, 15) is 4.79 Å². The lowest BCUT2D eigenvalue weighted by molar-refractivity contribution is -0.136. The number of hydrogen-bond acceptors (Lipinski definition) is 4. The third kappa shape index (κ3) is 8.17. The number of oxazole rings is 1. The van der Waals surface area contributed by atoms with Gasteiger partial charge in [0.15, 0.2) is 14.1 Å². The maximum Gasteiger partial charge on any atom is 0.307 e. The molecule has 2 aromatic carbocycles. The standard InChI is InChI=1S/C30H41NO4Si/c1-30(2,3)36(4,5)35-26(16-12-7-6-9-13-23-14-10-8-11-15-23)29-31-22-27(34-29)25-19-17-24(18-20-25)21-28(32)33/h8,10-11,14-15,17-20,22,26H,6-7,9,12-13,16,21H2,1-5H3,(H,32,33). The molecule has 0 saturated heterocycles. The van der Waals surface area contributed by atoms with Crippen LogP contribution in [0.4, 0.5) is 0 Å². The first-order valence-electron chi connectivity index (χ1n) is 13.0. The van der Waals surface area contributed by atoms with Crippen molar-refractivity contribution in [3.8, 4) is 11.3 Å². The van der Waals surface area contributed by atoms with E-state index in [0.29, 0.717) is 11.7 Å². The third-order valence-corrected chi connectivity index (χ3v) is 11.6. The molecule has 0 aliphatic heterocycles. The van der Waals surface area contributed by atoms with Gasteiger partial charge in [0, 0.05) is 5.56 Å². The van der Waals surface area contributed by atoms with Crippen LogP contribution in [-0.4, -0.2) is 24.4 Å². The molecule has 6 heteroatoms. The maximum atomic E-state index is 11.0. The van der Waals surface area contributed by atoms with Gasteiger partial charge in [-0.1, -0.05) is 94.6 Å². The quantitative estimate of drug-likeness (QED) is 0.186. The molecule has 1 atom stereocenters. The number of unbranched alkanes of at least 4 members (excludes halogenated alkanes) is 3. The van der Waals surface area contributed by atoms with Gasteiger partial charge in [-0.2, -0.15) is 0 Å². The molecule has 0 amide bonds. The fourth-order valence-corrected chi connectivity index (χ4v) is 5.24. The summed E-state index contributed by atoms with van der Waals surface area (Å²) in [5.74, 6) is 0.475. The van der Waals surface area contributed by atoms with Gasteiger partial charge in [0.05, 0.1) is 12.6 Å². The first kappa shape index (κ1) is 27.9. The number of benzene rings is 2. The van der Waals surface area contributed by atoms with Gasteiger partial charge in [-0.3, -0.25) is 4.79 Å². The Morgan fingerprint density at radius 3 is 2.28 bits per heavy atom. The molecule has 5 nitrogen and oxygen atoms in total. The molecule has 0 fully saturated rings. The highest BCUT2D eigenvalue weighted by atomic mass is 28.4. The van der Waals surface area contributed by atoms with E-state index >= 15 is 0 Å². The highest BCUT2D eigenvalue weighted by Crippen LogP contribution is 2.41. The highest BCUT2D eigenvalue weighted by Gasteiger charge is 2.40. The molecule has 0 spiro atoms. The van der Waals surface area contributed by atoms with Crippen LogP contribution >= 0.6 is 0 Å². The van der Waals surface area contributed by atoms with Crippen molar-refractivity contribution < 1.29 is 18.7 Å². The second-order valence-corrected chi connectivity index (χ2v) is 15.9. The number of nitrogens with zero attached hydrogens (tertiary/aromatic N) is 1. The summed E-state index contributed by atoms with van der Waals surface area (Å²) in [5, 5.41) is 9.09. The van der Waals surface area contributed by atoms with Gasteiger partial charge in [-0.25, -0.2) is 4.98 Å². The van der Waals surface area contributed by atoms with Gasteiger partial charge in [0.2, 0.25) is 5.89 Å². The minimum Gasteiger partial charge on any atom is -0.481 e. The Bertz CT molecular complexity index is 1080. The van der Waals surface area contributed by atoms with Crippen LogP contribution in [0.1, 0.15) is 76.0 Å². The third-order valence-electron chi connectivity index (χ3n) is 7.16. The van der Waals surface area contributed by atoms with Crippen LogP contribution in [0.3, 0.4) is 0 Å². The van der Waals surface area contributed by atoms with E-state index in [2.05, 4.69) is 69.2 Å². The molecule has 0 radical (unpaired) electrons. The van der Waals surface area contributed by atoms with Crippen molar-refractivity contribution in [2.45, 2.75) is 90.0 Å². The molecule has 0 saturated carbocycles. The van der Waals surface area contributed by atoms with Gasteiger partial charge in [0.25, 0.3) is 0 Å². The number of carboxylic acids is 1. The Hall–Kier alpha value is -2.70. The summed E-state index contributed by atoms with van der Waals surface area (Å²) < 4.78 is 13.0. The molecule has 1 aromatic heterocycles. The monoisotopic (exact) mass is 507 g/mol. The lowest BCUT2D eigenvalue weighted by Gasteiger charge is -2.38. The number of aryl methyl sites for hydroxylation is 1. The van der Waals surface area contributed by atoms with E-state index < -0.39 is 14.3 Å². The normalized spacial score (nSPS) is 13.0. The van der Waals surface area contributed by atoms with Crippen molar-refractivity contribution in [2.75, 3.05) is 0 Å². The van der Waals surface area contributed by atoms with Crippen molar-refractivity contribution in [3.63, 3.8) is 0 Å². The minimum absolute atomic E-state index is 0.00963. The number of aliphatic carboxylic acids is 1. The molecule has 0 aliphatic carbocycles. The molecule has 36 heavy (non-hydrogen) atoms. The van der Waals surface area contributed by atoms with E-state index in [4.69, 9.17) is 13.9 Å². The van der Waals surface area contributed by atoms with Crippen molar-refractivity contribution in [1.82, 2.24) is 4.98 Å². The molecule has 1 unspecified atom stereocenters. The molecular formula is C30H41NO4Si. The Morgan fingerprint density at radius 2 is 1.64 bits per heavy atom. The fourth-order valence-electron chi connectivity index (χ4n) is 3.95. The largest absolute Gasteiger partial charge is 0.481 e. The number of aromatic nitrogens is 1.